The predicted molar refractivity (Wildman–Crippen MR) is 52.5 cm³/mol. The van der Waals surface area contributed by atoms with E-state index in [9.17, 15) is 10.2 Å². The molecular weight excluding hydrogens is 180 g/mol. The monoisotopic (exact) mass is 194 g/mol. The van der Waals surface area contributed by atoms with Gasteiger partial charge in [-0.05, 0) is 25.5 Å². The molecule has 1 aliphatic heterocycles. The second-order valence-corrected chi connectivity index (χ2v) is 4.22. The average molecular weight is 194 g/mol. The third-order valence-electron chi connectivity index (χ3n) is 2.64. The molecule has 0 radical (unpaired) electrons. The van der Waals surface area contributed by atoms with Crippen molar-refractivity contribution in [2.45, 2.75) is 32.0 Å². The summed E-state index contributed by atoms with van der Waals surface area (Å²) in [5.41, 5.74) is 0.357. The SMILES string of the molecule is CC1(C)Oc2cc(O)ccc2C[C@H]1O. The van der Waals surface area contributed by atoms with Crippen LogP contribution in [0.15, 0.2) is 18.2 Å². The summed E-state index contributed by atoms with van der Waals surface area (Å²) in [6, 6.07) is 4.97. The first-order chi connectivity index (χ1) is 6.49. The molecule has 1 aromatic carbocycles. The summed E-state index contributed by atoms with van der Waals surface area (Å²) in [4.78, 5) is 0. The zero-order valence-corrected chi connectivity index (χ0v) is 8.32. The number of aromatic hydroxyl groups is 1. The van der Waals surface area contributed by atoms with Crippen molar-refractivity contribution in [3.8, 4) is 11.5 Å². The number of rotatable bonds is 0. The van der Waals surface area contributed by atoms with Gasteiger partial charge >= 0.3 is 0 Å². The minimum Gasteiger partial charge on any atom is -0.508 e. The number of phenolic OH excluding ortho intramolecular Hbond substituents is 1. The molecule has 0 saturated carbocycles. The van der Waals surface area contributed by atoms with Crippen LogP contribution in [0.3, 0.4) is 0 Å². The largest absolute Gasteiger partial charge is 0.508 e. The number of aliphatic hydroxyl groups excluding tert-OH is 1. The van der Waals surface area contributed by atoms with Crippen molar-refractivity contribution in [1.82, 2.24) is 0 Å². The molecule has 0 unspecified atom stereocenters. The predicted octanol–water partition coefficient (Wildman–Crippen LogP) is 1.47. The number of aliphatic hydroxyl groups is 1. The molecule has 3 nitrogen and oxygen atoms in total. The molecule has 76 valence electrons. The maximum atomic E-state index is 9.77. The zero-order chi connectivity index (χ0) is 10.3. The molecule has 0 aromatic heterocycles. The van der Waals surface area contributed by atoms with Gasteiger partial charge in [0.25, 0.3) is 0 Å². The van der Waals surface area contributed by atoms with Crippen LogP contribution in [0.25, 0.3) is 0 Å². The zero-order valence-electron chi connectivity index (χ0n) is 8.32. The van der Waals surface area contributed by atoms with Crippen LogP contribution in [0, 0.1) is 0 Å². The molecule has 0 fully saturated rings. The van der Waals surface area contributed by atoms with Gasteiger partial charge in [-0.15, -0.1) is 0 Å². The minimum atomic E-state index is -0.583. The number of hydrogen-bond acceptors (Lipinski definition) is 3. The first-order valence-electron chi connectivity index (χ1n) is 4.68. The van der Waals surface area contributed by atoms with Gasteiger partial charge in [-0.3, -0.25) is 0 Å². The van der Waals surface area contributed by atoms with Crippen LogP contribution in [0.4, 0.5) is 0 Å². The number of phenols is 1. The molecule has 1 heterocycles. The molecule has 3 heteroatoms. The molecule has 1 aromatic rings. The smallest absolute Gasteiger partial charge is 0.129 e. The fraction of sp³-hybridized carbons (Fsp3) is 0.455. The summed E-state index contributed by atoms with van der Waals surface area (Å²) < 4.78 is 5.60. The van der Waals surface area contributed by atoms with E-state index in [2.05, 4.69) is 0 Å². The van der Waals surface area contributed by atoms with Crippen molar-refractivity contribution >= 4 is 0 Å². The topological polar surface area (TPSA) is 49.7 Å². The first kappa shape index (κ1) is 9.34. The molecule has 1 aliphatic rings. The Morgan fingerprint density at radius 1 is 1.43 bits per heavy atom. The van der Waals surface area contributed by atoms with Gasteiger partial charge in [0, 0.05) is 12.5 Å². The van der Waals surface area contributed by atoms with Gasteiger partial charge in [0.05, 0.1) is 6.10 Å². The van der Waals surface area contributed by atoms with Crippen LogP contribution in [-0.4, -0.2) is 21.9 Å². The Morgan fingerprint density at radius 3 is 2.86 bits per heavy atom. The van der Waals surface area contributed by atoms with E-state index in [-0.39, 0.29) is 5.75 Å². The van der Waals surface area contributed by atoms with E-state index < -0.39 is 11.7 Å². The fourth-order valence-corrected chi connectivity index (χ4v) is 1.61. The van der Waals surface area contributed by atoms with Crippen molar-refractivity contribution in [1.29, 1.82) is 0 Å². The lowest BCUT2D eigenvalue weighted by molar-refractivity contribution is -0.0412. The van der Waals surface area contributed by atoms with Gasteiger partial charge in [-0.1, -0.05) is 6.07 Å². The lowest BCUT2D eigenvalue weighted by Crippen LogP contribution is -2.46. The summed E-state index contributed by atoms with van der Waals surface area (Å²) >= 11 is 0. The average Bonchev–Trinajstić information content (AvgIpc) is 2.07. The highest BCUT2D eigenvalue weighted by Gasteiger charge is 2.35. The van der Waals surface area contributed by atoms with E-state index in [0.717, 1.165) is 5.56 Å². The summed E-state index contributed by atoms with van der Waals surface area (Å²) in [7, 11) is 0. The molecular formula is C11H14O3. The van der Waals surface area contributed by atoms with Crippen molar-refractivity contribution < 1.29 is 14.9 Å². The van der Waals surface area contributed by atoms with E-state index in [4.69, 9.17) is 4.74 Å². The Labute approximate surface area is 83.0 Å². The number of hydrogen-bond donors (Lipinski definition) is 2. The summed E-state index contributed by atoms with van der Waals surface area (Å²) in [5, 5.41) is 19.0. The lowest BCUT2D eigenvalue weighted by atomic mass is 9.91. The quantitative estimate of drug-likeness (QED) is 0.657. The molecule has 0 amide bonds. The number of fused-ring (bicyclic) bond motifs is 1. The highest BCUT2D eigenvalue weighted by molar-refractivity contribution is 5.42. The number of benzene rings is 1. The van der Waals surface area contributed by atoms with E-state index in [1.165, 1.54) is 0 Å². The van der Waals surface area contributed by atoms with Crippen LogP contribution in [-0.2, 0) is 6.42 Å². The van der Waals surface area contributed by atoms with Crippen LogP contribution in [0.2, 0.25) is 0 Å². The Hall–Kier alpha value is -1.22. The van der Waals surface area contributed by atoms with E-state index in [1.54, 1.807) is 18.2 Å². The van der Waals surface area contributed by atoms with Crippen molar-refractivity contribution in [3.05, 3.63) is 23.8 Å². The first-order valence-corrected chi connectivity index (χ1v) is 4.68. The highest BCUT2D eigenvalue weighted by Crippen LogP contribution is 2.35. The molecule has 0 spiro atoms. The van der Waals surface area contributed by atoms with Crippen LogP contribution >= 0.6 is 0 Å². The van der Waals surface area contributed by atoms with Crippen molar-refractivity contribution in [3.63, 3.8) is 0 Å². The van der Waals surface area contributed by atoms with Crippen molar-refractivity contribution in [2.24, 2.45) is 0 Å². The van der Waals surface area contributed by atoms with Crippen LogP contribution in [0.5, 0.6) is 11.5 Å². The Bertz CT molecular complexity index is 358. The van der Waals surface area contributed by atoms with Gasteiger partial charge in [0.15, 0.2) is 0 Å². The van der Waals surface area contributed by atoms with E-state index in [0.29, 0.717) is 12.2 Å². The van der Waals surface area contributed by atoms with Gasteiger partial charge < -0.3 is 14.9 Å². The number of ether oxygens (including phenoxy) is 1. The van der Waals surface area contributed by atoms with Gasteiger partial charge in [-0.25, -0.2) is 0 Å². The second kappa shape index (κ2) is 2.89. The molecule has 2 N–H and O–H groups in total. The molecule has 14 heavy (non-hydrogen) atoms. The third kappa shape index (κ3) is 1.44. The van der Waals surface area contributed by atoms with Gasteiger partial charge in [0.1, 0.15) is 17.1 Å². The van der Waals surface area contributed by atoms with Crippen molar-refractivity contribution in [2.75, 3.05) is 0 Å². The summed E-state index contributed by atoms with van der Waals surface area (Å²) in [6.07, 6.45) is 0.0716. The second-order valence-electron chi connectivity index (χ2n) is 4.22. The highest BCUT2D eigenvalue weighted by atomic mass is 16.5. The molecule has 0 saturated heterocycles. The van der Waals surface area contributed by atoms with E-state index in [1.807, 2.05) is 13.8 Å². The molecule has 0 aliphatic carbocycles. The lowest BCUT2D eigenvalue weighted by Gasteiger charge is -2.36. The molecule has 1 atom stereocenters. The van der Waals surface area contributed by atoms with Gasteiger partial charge in [0.2, 0.25) is 0 Å². The molecule has 2 rings (SSSR count). The third-order valence-corrected chi connectivity index (χ3v) is 2.64. The maximum absolute atomic E-state index is 9.77. The summed E-state index contributed by atoms with van der Waals surface area (Å²) in [6.45, 7) is 3.68. The summed E-state index contributed by atoms with van der Waals surface area (Å²) in [5.74, 6) is 0.858. The van der Waals surface area contributed by atoms with Gasteiger partial charge in [-0.2, -0.15) is 0 Å². The van der Waals surface area contributed by atoms with Crippen LogP contribution in [0.1, 0.15) is 19.4 Å². The Morgan fingerprint density at radius 2 is 2.14 bits per heavy atom. The Balaban J connectivity index is 2.41. The van der Waals surface area contributed by atoms with E-state index >= 15 is 0 Å². The minimum absolute atomic E-state index is 0.191. The molecule has 0 bridgehead atoms. The normalized spacial score (nSPS) is 23.8. The Kier molecular flexibility index (Phi) is 1.93. The fourth-order valence-electron chi connectivity index (χ4n) is 1.61. The maximum Gasteiger partial charge on any atom is 0.129 e. The van der Waals surface area contributed by atoms with Crippen LogP contribution < -0.4 is 4.74 Å². The standard InChI is InChI=1S/C11H14O3/c1-11(2)10(13)5-7-3-4-8(12)6-9(7)14-11/h3-4,6,10,12-13H,5H2,1-2H3/t10-/m1/s1.